The Labute approximate surface area is 103 Å². The lowest BCUT2D eigenvalue weighted by atomic mass is 10.1. The summed E-state index contributed by atoms with van der Waals surface area (Å²) in [5.41, 5.74) is 0. The van der Waals surface area contributed by atoms with E-state index in [9.17, 15) is 4.79 Å². The number of urea groups is 1. The first-order valence-electron chi connectivity index (χ1n) is 6.74. The van der Waals surface area contributed by atoms with Crippen molar-refractivity contribution >= 4 is 6.03 Å². The molecule has 0 aromatic rings. The molecule has 0 aromatic carbocycles. The van der Waals surface area contributed by atoms with Crippen molar-refractivity contribution in [1.29, 1.82) is 0 Å². The van der Waals surface area contributed by atoms with E-state index >= 15 is 0 Å². The molecule has 17 heavy (non-hydrogen) atoms. The van der Waals surface area contributed by atoms with Gasteiger partial charge in [-0.2, -0.15) is 0 Å². The van der Waals surface area contributed by atoms with Crippen LogP contribution in [0, 0.1) is 0 Å². The fraction of sp³-hybridized carbons (Fsp3) is 0.917. The summed E-state index contributed by atoms with van der Waals surface area (Å²) in [6.45, 7) is 2.54. The van der Waals surface area contributed by atoms with Gasteiger partial charge in [0.2, 0.25) is 0 Å². The van der Waals surface area contributed by atoms with E-state index in [1.165, 1.54) is 12.8 Å². The van der Waals surface area contributed by atoms with Crippen molar-refractivity contribution in [1.82, 2.24) is 16.0 Å². The highest BCUT2D eigenvalue weighted by molar-refractivity contribution is 5.74. The third-order valence-corrected chi connectivity index (χ3v) is 3.39. The van der Waals surface area contributed by atoms with Crippen LogP contribution in [-0.4, -0.2) is 38.0 Å². The molecule has 0 bridgehead atoms. The van der Waals surface area contributed by atoms with Gasteiger partial charge in [0.05, 0.1) is 0 Å². The van der Waals surface area contributed by atoms with Gasteiger partial charge < -0.3 is 20.7 Å². The zero-order chi connectivity index (χ0) is 11.9. The van der Waals surface area contributed by atoms with Gasteiger partial charge in [-0.05, 0) is 38.6 Å². The van der Waals surface area contributed by atoms with Gasteiger partial charge in [0.25, 0.3) is 0 Å². The van der Waals surface area contributed by atoms with E-state index in [-0.39, 0.29) is 12.3 Å². The van der Waals surface area contributed by atoms with Crippen LogP contribution in [0.25, 0.3) is 0 Å². The van der Waals surface area contributed by atoms with Gasteiger partial charge in [-0.25, -0.2) is 4.79 Å². The smallest absolute Gasteiger partial charge is 0.316 e. The number of amides is 2. The highest BCUT2D eigenvalue weighted by atomic mass is 16.5. The molecule has 3 N–H and O–H groups in total. The molecule has 0 saturated carbocycles. The van der Waals surface area contributed by atoms with Gasteiger partial charge >= 0.3 is 6.03 Å². The predicted octanol–water partition coefficient (Wildman–Crippen LogP) is 0.954. The molecule has 2 unspecified atom stereocenters. The lowest BCUT2D eigenvalue weighted by molar-refractivity contribution is 0.00231. The van der Waals surface area contributed by atoms with Crippen LogP contribution >= 0.6 is 0 Å². The molecule has 2 fully saturated rings. The molecule has 2 heterocycles. The highest BCUT2D eigenvalue weighted by Gasteiger charge is 2.17. The quantitative estimate of drug-likeness (QED) is 0.689. The Bertz CT molecular complexity index is 236. The molecule has 0 spiro atoms. The van der Waals surface area contributed by atoms with Crippen molar-refractivity contribution in [2.75, 3.05) is 19.7 Å². The summed E-state index contributed by atoms with van der Waals surface area (Å²) in [4.78, 5) is 11.6. The molecule has 2 atom stereocenters. The molecule has 2 aliphatic rings. The molecule has 5 nitrogen and oxygen atoms in total. The lowest BCUT2D eigenvalue weighted by Crippen LogP contribution is -2.49. The second-order valence-corrected chi connectivity index (χ2v) is 4.86. The van der Waals surface area contributed by atoms with Crippen molar-refractivity contribution in [3.8, 4) is 0 Å². The molecule has 98 valence electrons. The van der Waals surface area contributed by atoms with E-state index in [0.717, 1.165) is 38.8 Å². The second-order valence-electron chi connectivity index (χ2n) is 4.86. The van der Waals surface area contributed by atoms with Gasteiger partial charge in [-0.15, -0.1) is 0 Å². The number of nitrogens with one attached hydrogen (secondary N) is 3. The van der Waals surface area contributed by atoms with Crippen molar-refractivity contribution in [2.45, 2.75) is 50.8 Å². The van der Waals surface area contributed by atoms with Crippen molar-refractivity contribution in [3.05, 3.63) is 0 Å². The first-order chi connectivity index (χ1) is 8.34. The zero-order valence-corrected chi connectivity index (χ0v) is 10.3. The Hall–Kier alpha value is -0.810. The van der Waals surface area contributed by atoms with Gasteiger partial charge in [0.15, 0.2) is 0 Å². The number of hydrogen-bond acceptors (Lipinski definition) is 3. The first kappa shape index (κ1) is 12.6. The van der Waals surface area contributed by atoms with Gasteiger partial charge in [0, 0.05) is 19.2 Å². The maximum absolute atomic E-state index is 11.6. The summed E-state index contributed by atoms with van der Waals surface area (Å²) in [6.07, 6.45) is 6.73. The van der Waals surface area contributed by atoms with Crippen molar-refractivity contribution < 1.29 is 9.53 Å². The maximum atomic E-state index is 11.6. The average Bonchev–Trinajstić information content (AvgIpc) is 2.39. The third-order valence-electron chi connectivity index (χ3n) is 3.39. The molecule has 2 amide bonds. The lowest BCUT2D eigenvalue weighted by Gasteiger charge is -2.26. The maximum Gasteiger partial charge on any atom is 0.316 e. The van der Waals surface area contributed by atoms with E-state index < -0.39 is 0 Å². The highest BCUT2D eigenvalue weighted by Crippen LogP contribution is 2.10. The van der Waals surface area contributed by atoms with Crippen LogP contribution in [0.2, 0.25) is 0 Å². The Morgan fingerprint density at radius 2 is 2.12 bits per heavy atom. The number of hydrogen-bond donors (Lipinski definition) is 3. The van der Waals surface area contributed by atoms with Gasteiger partial charge in [-0.3, -0.25) is 0 Å². The summed E-state index contributed by atoms with van der Waals surface area (Å²) < 4.78 is 5.45. The normalized spacial score (nSPS) is 29.6. The minimum absolute atomic E-state index is 0.0944. The average molecular weight is 241 g/mol. The van der Waals surface area contributed by atoms with E-state index in [0.29, 0.717) is 12.6 Å². The molecular weight excluding hydrogens is 218 g/mol. The van der Waals surface area contributed by atoms with Crippen molar-refractivity contribution in [3.63, 3.8) is 0 Å². The second kappa shape index (κ2) is 6.81. The number of carbonyl (C=O) groups excluding carboxylic acids is 1. The fourth-order valence-corrected chi connectivity index (χ4v) is 2.37. The Morgan fingerprint density at radius 3 is 2.82 bits per heavy atom. The van der Waals surface area contributed by atoms with Crippen LogP contribution in [0.1, 0.15) is 38.5 Å². The van der Waals surface area contributed by atoms with Crippen LogP contribution in [0.4, 0.5) is 4.79 Å². The largest absolute Gasteiger partial charge is 0.358 e. The van der Waals surface area contributed by atoms with E-state index in [4.69, 9.17) is 4.74 Å². The Kier molecular flexibility index (Phi) is 5.07. The summed E-state index contributed by atoms with van der Waals surface area (Å²) in [5.74, 6) is 0. The number of carbonyl (C=O) groups is 1. The monoisotopic (exact) mass is 241 g/mol. The summed E-state index contributed by atoms with van der Waals surface area (Å²) in [7, 11) is 0. The van der Waals surface area contributed by atoms with Crippen molar-refractivity contribution in [2.24, 2.45) is 0 Å². The molecule has 0 aromatic heterocycles. The Balaban J connectivity index is 1.59. The molecule has 0 aliphatic carbocycles. The molecule has 2 saturated heterocycles. The molecule has 5 heteroatoms. The standard InChI is InChI=1S/C12H23N3O2/c16-12(15-11-6-2-4-8-17-11)14-9-10-5-1-3-7-13-10/h10-11,13H,1-9H2,(H2,14,15,16). The van der Waals surface area contributed by atoms with Crippen LogP contribution in [-0.2, 0) is 4.74 Å². The Morgan fingerprint density at radius 1 is 1.24 bits per heavy atom. The SMILES string of the molecule is O=C(NCC1CCCCN1)NC1CCCCO1. The minimum Gasteiger partial charge on any atom is -0.358 e. The molecule has 2 rings (SSSR count). The van der Waals surface area contributed by atoms with Gasteiger partial charge in [-0.1, -0.05) is 6.42 Å². The number of rotatable bonds is 3. The number of piperidine rings is 1. The molecular formula is C12H23N3O2. The summed E-state index contributed by atoms with van der Waals surface area (Å²) >= 11 is 0. The fourth-order valence-electron chi connectivity index (χ4n) is 2.37. The van der Waals surface area contributed by atoms with Crippen LogP contribution in [0.15, 0.2) is 0 Å². The van der Waals surface area contributed by atoms with Crippen LogP contribution in [0.5, 0.6) is 0 Å². The van der Waals surface area contributed by atoms with Crippen LogP contribution < -0.4 is 16.0 Å². The van der Waals surface area contributed by atoms with Gasteiger partial charge in [0.1, 0.15) is 6.23 Å². The summed E-state index contributed by atoms with van der Waals surface area (Å²) in [6, 6.07) is 0.325. The first-order valence-corrected chi connectivity index (χ1v) is 6.74. The minimum atomic E-state index is -0.107. The molecule has 2 aliphatic heterocycles. The van der Waals surface area contributed by atoms with E-state index in [2.05, 4.69) is 16.0 Å². The summed E-state index contributed by atoms with van der Waals surface area (Å²) in [5, 5.41) is 9.17. The molecule has 0 radical (unpaired) electrons. The number of ether oxygens (including phenoxy) is 1. The van der Waals surface area contributed by atoms with Crippen LogP contribution in [0.3, 0.4) is 0 Å². The van der Waals surface area contributed by atoms with E-state index in [1.54, 1.807) is 0 Å². The zero-order valence-electron chi connectivity index (χ0n) is 10.3. The van der Waals surface area contributed by atoms with E-state index in [1.807, 2.05) is 0 Å². The topological polar surface area (TPSA) is 62.4 Å². The predicted molar refractivity (Wildman–Crippen MR) is 65.8 cm³/mol. The third kappa shape index (κ3) is 4.52.